The van der Waals surface area contributed by atoms with Crippen LogP contribution in [0.1, 0.15) is 17.2 Å². The molecule has 94 valence electrons. The minimum absolute atomic E-state index is 0.0762. The van der Waals surface area contributed by atoms with E-state index < -0.39 is 11.9 Å². The molecule has 5 nitrogen and oxygen atoms in total. The SMILES string of the molecule is Cc1coc(-c2ccc(C(CN)C(=O)O)cc2)n1. The van der Waals surface area contributed by atoms with E-state index in [0.717, 1.165) is 11.3 Å². The number of rotatable bonds is 4. The fraction of sp³-hybridized carbons (Fsp3) is 0.231. The molecular weight excluding hydrogens is 232 g/mol. The van der Waals surface area contributed by atoms with Gasteiger partial charge in [-0.2, -0.15) is 0 Å². The van der Waals surface area contributed by atoms with Crippen molar-refractivity contribution in [1.82, 2.24) is 4.98 Å². The van der Waals surface area contributed by atoms with Crippen LogP contribution in [-0.4, -0.2) is 22.6 Å². The van der Waals surface area contributed by atoms with E-state index in [4.69, 9.17) is 15.3 Å². The second kappa shape index (κ2) is 5.01. The van der Waals surface area contributed by atoms with Crippen molar-refractivity contribution >= 4 is 5.97 Å². The molecule has 5 heteroatoms. The molecule has 18 heavy (non-hydrogen) atoms. The van der Waals surface area contributed by atoms with E-state index in [1.165, 1.54) is 0 Å². The lowest BCUT2D eigenvalue weighted by Gasteiger charge is -2.09. The van der Waals surface area contributed by atoms with Crippen molar-refractivity contribution in [3.63, 3.8) is 0 Å². The molecule has 0 fully saturated rings. The smallest absolute Gasteiger partial charge is 0.312 e. The molecule has 2 rings (SSSR count). The third-order valence-corrected chi connectivity index (χ3v) is 2.71. The summed E-state index contributed by atoms with van der Waals surface area (Å²) in [5.41, 5.74) is 7.74. The first-order valence-corrected chi connectivity index (χ1v) is 5.57. The van der Waals surface area contributed by atoms with Crippen molar-refractivity contribution in [2.75, 3.05) is 6.54 Å². The molecule has 0 aliphatic heterocycles. The van der Waals surface area contributed by atoms with Crippen LogP contribution in [0, 0.1) is 6.92 Å². The van der Waals surface area contributed by atoms with E-state index in [-0.39, 0.29) is 6.54 Å². The molecule has 0 radical (unpaired) electrons. The Hall–Kier alpha value is -2.14. The van der Waals surface area contributed by atoms with Crippen LogP contribution >= 0.6 is 0 Å². The van der Waals surface area contributed by atoms with Crippen molar-refractivity contribution in [2.24, 2.45) is 5.73 Å². The summed E-state index contributed by atoms with van der Waals surface area (Å²) in [4.78, 5) is 15.2. The molecule has 0 aliphatic carbocycles. The van der Waals surface area contributed by atoms with Crippen molar-refractivity contribution in [3.8, 4) is 11.5 Å². The normalized spacial score (nSPS) is 12.3. The maximum absolute atomic E-state index is 11.0. The number of oxazole rings is 1. The van der Waals surface area contributed by atoms with E-state index in [1.807, 2.05) is 6.92 Å². The van der Waals surface area contributed by atoms with Crippen LogP contribution in [0.5, 0.6) is 0 Å². The van der Waals surface area contributed by atoms with E-state index >= 15 is 0 Å². The molecule has 3 N–H and O–H groups in total. The predicted octanol–water partition coefficient (Wildman–Crippen LogP) is 1.78. The van der Waals surface area contributed by atoms with Gasteiger partial charge in [0.05, 0.1) is 11.6 Å². The van der Waals surface area contributed by atoms with Gasteiger partial charge in [0.25, 0.3) is 0 Å². The molecule has 0 aliphatic rings. The van der Waals surface area contributed by atoms with E-state index in [2.05, 4.69) is 4.98 Å². The van der Waals surface area contributed by atoms with Crippen LogP contribution in [0.4, 0.5) is 0 Å². The third kappa shape index (κ3) is 2.41. The first-order valence-electron chi connectivity index (χ1n) is 5.57. The summed E-state index contributed by atoms with van der Waals surface area (Å²) < 4.78 is 5.27. The number of hydrogen-bond acceptors (Lipinski definition) is 4. The Morgan fingerprint density at radius 3 is 2.56 bits per heavy atom. The van der Waals surface area contributed by atoms with Gasteiger partial charge in [0.2, 0.25) is 5.89 Å². The quantitative estimate of drug-likeness (QED) is 0.858. The minimum Gasteiger partial charge on any atom is -0.481 e. The van der Waals surface area contributed by atoms with Gasteiger partial charge < -0.3 is 15.3 Å². The highest BCUT2D eigenvalue weighted by Crippen LogP contribution is 2.22. The zero-order valence-electron chi connectivity index (χ0n) is 9.96. The molecule has 1 atom stereocenters. The predicted molar refractivity (Wildman–Crippen MR) is 66.1 cm³/mol. The van der Waals surface area contributed by atoms with Crippen molar-refractivity contribution in [1.29, 1.82) is 0 Å². The van der Waals surface area contributed by atoms with E-state index in [1.54, 1.807) is 30.5 Å². The number of carboxylic acid groups (broad SMARTS) is 1. The molecule has 0 spiro atoms. The summed E-state index contributed by atoms with van der Waals surface area (Å²) in [5.74, 6) is -1.07. The molecule has 1 unspecified atom stereocenters. The Morgan fingerprint density at radius 1 is 1.44 bits per heavy atom. The highest BCUT2D eigenvalue weighted by atomic mass is 16.4. The average Bonchev–Trinajstić information content (AvgIpc) is 2.77. The molecule has 0 bridgehead atoms. The van der Waals surface area contributed by atoms with E-state index in [0.29, 0.717) is 11.5 Å². The van der Waals surface area contributed by atoms with Crippen LogP contribution in [0.15, 0.2) is 34.9 Å². The second-order valence-electron chi connectivity index (χ2n) is 4.04. The van der Waals surface area contributed by atoms with Gasteiger partial charge in [0.1, 0.15) is 6.26 Å². The summed E-state index contributed by atoms with van der Waals surface area (Å²) in [5, 5.41) is 9.01. The lowest BCUT2D eigenvalue weighted by molar-refractivity contribution is -0.138. The Morgan fingerprint density at radius 2 is 2.11 bits per heavy atom. The first-order chi connectivity index (χ1) is 8.61. The first kappa shape index (κ1) is 12.3. The number of nitrogens with two attached hydrogens (primary N) is 1. The number of carboxylic acids is 1. The Kier molecular flexibility index (Phi) is 3.43. The average molecular weight is 246 g/mol. The monoisotopic (exact) mass is 246 g/mol. The molecule has 1 heterocycles. The topological polar surface area (TPSA) is 89.3 Å². The maximum Gasteiger partial charge on any atom is 0.312 e. The second-order valence-corrected chi connectivity index (χ2v) is 4.04. The van der Waals surface area contributed by atoms with Gasteiger partial charge in [-0.3, -0.25) is 4.79 Å². The number of aryl methyl sites for hydroxylation is 1. The number of aliphatic carboxylic acids is 1. The van der Waals surface area contributed by atoms with Gasteiger partial charge in [0, 0.05) is 12.1 Å². The van der Waals surface area contributed by atoms with Gasteiger partial charge in [-0.25, -0.2) is 4.98 Å². The van der Waals surface area contributed by atoms with Gasteiger partial charge in [-0.05, 0) is 24.6 Å². The van der Waals surface area contributed by atoms with E-state index in [9.17, 15) is 4.79 Å². The zero-order valence-corrected chi connectivity index (χ0v) is 9.96. The van der Waals surface area contributed by atoms with Gasteiger partial charge in [-0.1, -0.05) is 12.1 Å². The zero-order chi connectivity index (χ0) is 13.1. The number of carbonyl (C=O) groups is 1. The lowest BCUT2D eigenvalue weighted by atomic mass is 9.98. The summed E-state index contributed by atoms with van der Waals surface area (Å²) in [6.07, 6.45) is 1.57. The standard InChI is InChI=1S/C13H14N2O3/c1-8-7-18-12(15-8)10-4-2-9(3-5-10)11(6-14)13(16)17/h2-5,7,11H,6,14H2,1H3,(H,16,17). The molecular formula is C13H14N2O3. The summed E-state index contributed by atoms with van der Waals surface area (Å²) >= 11 is 0. The fourth-order valence-electron chi connectivity index (χ4n) is 1.72. The van der Waals surface area contributed by atoms with Gasteiger partial charge in [-0.15, -0.1) is 0 Å². The molecule has 0 saturated carbocycles. The van der Waals surface area contributed by atoms with Crippen LogP contribution in [0.2, 0.25) is 0 Å². The minimum atomic E-state index is -0.919. The molecule has 1 aromatic carbocycles. The summed E-state index contributed by atoms with van der Waals surface area (Å²) in [6.45, 7) is 1.92. The van der Waals surface area contributed by atoms with Crippen LogP contribution in [0.25, 0.3) is 11.5 Å². The number of hydrogen-bond donors (Lipinski definition) is 2. The maximum atomic E-state index is 11.0. The van der Waals surface area contributed by atoms with Crippen molar-refractivity contribution in [2.45, 2.75) is 12.8 Å². The summed E-state index contributed by atoms with van der Waals surface area (Å²) in [6, 6.07) is 7.04. The molecule has 1 aromatic heterocycles. The summed E-state index contributed by atoms with van der Waals surface area (Å²) in [7, 11) is 0. The molecule has 0 amide bonds. The molecule has 0 saturated heterocycles. The van der Waals surface area contributed by atoms with Crippen molar-refractivity contribution in [3.05, 3.63) is 41.8 Å². The van der Waals surface area contributed by atoms with Gasteiger partial charge in [0.15, 0.2) is 0 Å². The number of nitrogens with zero attached hydrogens (tertiary/aromatic N) is 1. The highest BCUT2D eigenvalue weighted by molar-refractivity contribution is 5.76. The lowest BCUT2D eigenvalue weighted by Crippen LogP contribution is -2.20. The van der Waals surface area contributed by atoms with Crippen LogP contribution in [-0.2, 0) is 4.79 Å². The number of aromatic nitrogens is 1. The largest absolute Gasteiger partial charge is 0.481 e. The van der Waals surface area contributed by atoms with Crippen LogP contribution in [0.3, 0.4) is 0 Å². The Balaban J connectivity index is 2.27. The molecule has 2 aromatic rings. The van der Waals surface area contributed by atoms with Crippen LogP contribution < -0.4 is 5.73 Å². The Labute approximate surface area is 104 Å². The fourth-order valence-corrected chi connectivity index (χ4v) is 1.72. The Bertz CT molecular complexity index is 546. The van der Waals surface area contributed by atoms with Gasteiger partial charge >= 0.3 is 5.97 Å². The van der Waals surface area contributed by atoms with Crippen molar-refractivity contribution < 1.29 is 14.3 Å². The number of benzene rings is 1. The highest BCUT2D eigenvalue weighted by Gasteiger charge is 2.17. The third-order valence-electron chi connectivity index (χ3n) is 2.71.